The van der Waals surface area contributed by atoms with E-state index in [-0.39, 0.29) is 17.8 Å². The molecule has 5 rings (SSSR count). The van der Waals surface area contributed by atoms with E-state index in [1.807, 2.05) is 31.3 Å². The summed E-state index contributed by atoms with van der Waals surface area (Å²) in [6.07, 6.45) is 5.62. The smallest absolute Gasteiger partial charge is 0.331 e. The molecule has 3 aromatic heterocycles. The van der Waals surface area contributed by atoms with Gasteiger partial charge in [-0.3, -0.25) is 9.36 Å². The monoisotopic (exact) mass is 496 g/mol. The zero-order chi connectivity index (χ0) is 24.9. The maximum Gasteiger partial charge on any atom is 0.331 e. The van der Waals surface area contributed by atoms with E-state index in [2.05, 4.69) is 22.3 Å². The lowest BCUT2D eigenvalue weighted by atomic mass is 9.97. The lowest BCUT2D eigenvalue weighted by Gasteiger charge is -2.12. The van der Waals surface area contributed by atoms with Crippen LogP contribution in [-0.4, -0.2) is 50.0 Å². The Morgan fingerprint density at radius 1 is 1.17 bits per heavy atom. The first kappa shape index (κ1) is 24.8. The number of nitrogens with one attached hydrogen (secondary N) is 1. The summed E-state index contributed by atoms with van der Waals surface area (Å²) < 4.78 is 9.30. The van der Waals surface area contributed by atoms with Gasteiger partial charge in [-0.25, -0.2) is 14.3 Å². The molecular formula is C25H29ClN6O3. The summed E-state index contributed by atoms with van der Waals surface area (Å²) in [5.74, 6) is 0. The van der Waals surface area contributed by atoms with Crippen LogP contribution in [0.3, 0.4) is 0 Å². The van der Waals surface area contributed by atoms with Crippen LogP contribution in [0.25, 0.3) is 16.8 Å². The van der Waals surface area contributed by atoms with Gasteiger partial charge in [0, 0.05) is 49.2 Å². The molecule has 0 spiro atoms. The summed E-state index contributed by atoms with van der Waals surface area (Å²) in [5, 5.41) is 8.10. The Labute approximate surface area is 208 Å². The molecule has 0 aliphatic carbocycles. The van der Waals surface area contributed by atoms with Crippen LogP contribution in [0.5, 0.6) is 0 Å². The summed E-state index contributed by atoms with van der Waals surface area (Å²) in [5.41, 5.74) is 4.88. The fourth-order valence-corrected chi connectivity index (χ4v) is 4.46. The van der Waals surface area contributed by atoms with E-state index in [0.717, 1.165) is 60.6 Å². The van der Waals surface area contributed by atoms with Gasteiger partial charge in [0.1, 0.15) is 6.33 Å². The summed E-state index contributed by atoms with van der Waals surface area (Å²) in [6, 6.07) is 7.15. The van der Waals surface area contributed by atoms with E-state index in [1.165, 1.54) is 33.3 Å². The molecule has 0 atom stereocenters. The van der Waals surface area contributed by atoms with Crippen molar-refractivity contribution >= 4 is 17.1 Å². The van der Waals surface area contributed by atoms with Crippen LogP contribution >= 0.6 is 11.6 Å². The third-order valence-electron chi connectivity index (χ3n) is 5.94. The van der Waals surface area contributed by atoms with Gasteiger partial charge in [-0.05, 0) is 48.2 Å². The first-order chi connectivity index (χ1) is 16.9. The van der Waals surface area contributed by atoms with Crippen molar-refractivity contribution in [3.05, 3.63) is 85.5 Å². The Kier molecular flexibility index (Phi) is 7.80. The molecule has 0 unspecified atom stereocenters. The number of benzene rings is 1. The Bertz CT molecular complexity index is 1440. The quantitative estimate of drug-likeness (QED) is 0.466. The molecule has 0 bridgehead atoms. The van der Waals surface area contributed by atoms with Crippen LogP contribution in [0.1, 0.15) is 23.6 Å². The Hall–Kier alpha value is -3.27. The molecule has 1 aliphatic rings. The third kappa shape index (κ3) is 5.53. The predicted octanol–water partition coefficient (Wildman–Crippen LogP) is 2.44. The molecular weight excluding hydrogens is 468 g/mol. The number of hydrogen-bond acceptors (Lipinski definition) is 6. The summed E-state index contributed by atoms with van der Waals surface area (Å²) >= 11 is 6.32. The maximum absolute atomic E-state index is 12.3. The lowest BCUT2D eigenvalue weighted by Crippen LogP contribution is -2.38. The number of halogens is 1. The van der Waals surface area contributed by atoms with E-state index >= 15 is 0 Å². The van der Waals surface area contributed by atoms with Crippen LogP contribution in [0.15, 0.2) is 52.6 Å². The zero-order valence-electron chi connectivity index (χ0n) is 20.1. The van der Waals surface area contributed by atoms with Crippen LogP contribution in [-0.2, 0) is 24.8 Å². The molecule has 0 amide bonds. The van der Waals surface area contributed by atoms with E-state index in [0.29, 0.717) is 5.02 Å². The number of rotatable bonds is 4. The average Bonchev–Trinajstić information content (AvgIpc) is 3.28. The number of aromatic nitrogens is 5. The van der Waals surface area contributed by atoms with E-state index in [9.17, 15) is 9.59 Å². The molecule has 10 heteroatoms. The number of fused-ring (bicyclic) bond motifs is 1. The van der Waals surface area contributed by atoms with Crippen molar-refractivity contribution in [2.24, 2.45) is 7.05 Å². The standard InChI is InChI=1S/C21H20ClN5O2.C4H9NO/c1-4-16-13(2)7-15(22)9-17(16)20-18-8-14(11-27(18)24-12-23-20)10-26-19(28)5-6-25(3)21(26)29;1-3-6-4-2-5-1/h5-9,11-12H,4,10H2,1-3H3;5H,1-4H2. The summed E-state index contributed by atoms with van der Waals surface area (Å²) in [7, 11) is 1.62. The van der Waals surface area contributed by atoms with Crippen molar-refractivity contribution in [1.29, 1.82) is 0 Å². The van der Waals surface area contributed by atoms with Crippen molar-refractivity contribution in [2.45, 2.75) is 26.8 Å². The molecule has 0 radical (unpaired) electrons. The molecule has 184 valence electrons. The highest BCUT2D eigenvalue weighted by Gasteiger charge is 2.15. The molecule has 1 aromatic carbocycles. The molecule has 1 fully saturated rings. The second kappa shape index (κ2) is 11.0. The molecule has 4 aromatic rings. The van der Waals surface area contributed by atoms with Crippen molar-refractivity contribution in [1.82, 2.24) is 29.0 Å². The minimum atomic E-state index is -0.363. The first-order valence-electron chi connectivity index (χ1n) is 11.6. The van der Waals surface area contributed by atoms with E-state index in [1.54, 1.807) is 11.6 Å². The minimum Gasteiger partial charge on any atom is -0.379 e. The summed E-state index contributed by atoms with van der Waals surface area (Å²) in [4.78, 5) is 29.0. The van der Waals surface area contributed by atoms with Crippen LogP contribution in [0.4, 0.5) is 0 Å². The molecule has 9 nitrogen and oxygen atoms in total. The van der Waals surface area contributed by atoms with Crippen LogP contribution in [0.2, 0.25) is 5.02 Å². The molecule has 4 heterocycles. The number of aryl methyl sites for hydroxylation is 2. The maximum atomic E-state index is 12.3. The number of hydrogen-bond donors (Lipinski definition) is 1. The molecule has 1 saturated heterocycles. The van der Waals surface area contributed by atoms with E-state index in [4.69, 9.17) is 16.3 Å². The first-order valence-corrected chi connectivity index (χ1v) is 11.9. The van der Waals surface area contributed by atoms with Gasteiger partial charge in [-0.1, -0.05) is 18.5 Å². The normalized spacial score (nSPS) is 13.5. The SMILES string of the molecule is C1COCCN1.CCc1c(C)cc(Cl)cc1-c1ncnn2cc(Cn3c(=O)ccn(C)c3=O)cc12. The highest BCUT2D eigenvalue weighted by molar-refractivity contribution is 6.31. The largest absolute Gasteiger partial charge is 0.379 e. The predicted molar refractivity (Wildman–Crippen MR) is 136 cm³/mol. The Morgan fingerprint density at radius 2 is 1.94 bits per heavy atom. The second-order valence-corrected chi connectivity index (χ2v) is 8.82. The fraction of sp³-hybridized carbons (Fsp3) is 0.360. The zero-order valence-corrected chi connectivity index (χ0v) is 20.9. The van der Waals surface area contributed by atoms with Crippen LogP contribution < -0.4 is 16.6 Å². The van der Waals surface area contributed by atoms with E-state index < -0.39 is 0 Å². The Balaban J connectivity index is 0.000000421. The van der Waals surface area contributed by atoms with Gasteiger partial charge in [-0.15, -0.1) is 0 Å². The third-order valence-corrected chi connectivity index (χ3v) is 6.15. The fourth-order valence-electron chi connectivity index (χ4n) is 4.19. The number of ether oxygens (including phenoxy) is 1. The van der Waals surface area contributed by atoms with Gasteiger partial charge < -0.3 is 14.6 Å². The van der Waals surface area contributed by atoms with Gasteiger partial charge in [-0.2, -0.15) is 5.10 Å². The minimum absolute atomic E-state index is 0.157. The summed E-state index contributed by atoms with van der Waals surface area (Å²) in [6.45, 7) is 8.12. The molecule has 35 heavy (non-hydrogen) atoms. The topological polar surface area (TPSA) is 95.4 Å². The molecule has 1 N–H and O–H groups in total. The van der Waals surface area contributed by atoms with Crippen molar-refractivity contribution in [2.75, 3.05) is 26.3 Å². The average molecular weight is 497 g/mol. The van der Waals surface area contributed by atoms with Crippen LogP contribution in [0, 0.1) is 6.92 Å². The van der Waals surface area contributed by atoms with Gasteiger partial charge >= 0.3 is 5.69 Å². The second-order valence-electron chi connectivity index (χ2n) is 8.39. The van der Waals surface area contributed by atoms with Crippen molar-refractivity contribution < 1.29 is 4.74 Å². The molecule has 0 saturated carbocycles. The number of morpholine rings is 1. The highest BCUT2D eigenvalue weighted by Crippen LogP contribution is 2.31. The van der Waals surface area contributed by atoms with Gasteiger partial charge in [0.2, 0.25) is 0 Å². The van der Waals surface area contributed by atoms with Gasteiger partial charge in [0.05, 0.1) is 31.0 Å². The molecule has 1 aliphatic heterocycles. The highest BCUT2D eigenvalue weighted by atomic mass is 35.5. The van der Waals surface area contributed by atoms with Crippen molar-refractivity contribution in [3.8, 4) is 11.3 Å². The van der Waals surface area contributed by atoms with Gasteiger partial charge in [0.25, 0.3) is 5.56 Å². The lowest BCUT2D eigenvalue weighted by molar-refractivity contribution is 0.109. The Morgan fingerprint density at radius 3 is 2.60 bits per heavy atom. The number of nitrogens with zero attached hydrogens (tertiary/aromatic N) is 5. The van der Waals surface area contributed by atoms with Gasteiger partial charge in [0.15, 0.2) is 0 Å². The van der Waals surface area contributed by atoms with Crippen molar-refractivity contribution in [3.63, 3.8) is 0 Å².